The summed E-state index contributed by atoms with van der Waals surface area (Å²) >= 11 is 5.95. The Hall–Kier alpha value is -2.60. The fourth-order valence-electron chi connectivity index (χ4n) is 3.11. The number of hydrogen-bond donors (Lipinski definition) is 0. The number of methoxy groups -OCH3 is 1. The summed E-state index contributed by atoms with van der Waals surface area (Å²) in [6, 6.07) is 5.85. The van der Waals surface area contributed by atoms with E-state index in [2.05, 4.69) is 0 Å². The molecule has 2 rings (SSSR count). The lowest BCUT2D eigenvalue weighted by atomic mass is 9.99. The number of aromatic nitrogens is 1. The number of hydrogen-bond acceptors (Lipinski definition) is 4. The first-order valence-corrected chi connectivity index (χ1v) is 8.80. The predicted octanol–water partition coefficient (Wildman–Crippen LogP) is 3.43. The van der Waals surface area contributed by atoms with E-state index in [4.69, 9.17) is 16.3 Å². The topological polar surface area (TPSA) is 68.6 Å². The van der Waals surface area contributed by atoms with Crippen molar-refractivity contribution < 1.29 is 19.1 Å². The number of ketones is 1. The minimum atomic E-state index is -0.721. The minimum absolute atomic E-state index is 0.242. The van der Waals surface area contributed by atoms with Crippen LogP contribution in [0.2, 0.25) is 5.02 Å². The first kappa shape index (κ1) is 20.7. The number of carbonyl (C=O) groups is 3. The van der Waals surface area contributed by atoms with Crippen LogP contribution < -0.4 is 0 Å². The van der Waals surface area contributed by atoms with Crippen molar-refractivity contribution in [2.24, 2.45) is 7.05 Å². The third-order valence-electron chi connectivity index (χ3n) is 4.91. The van der Waals surface area contributed by atoms with Crippen molar-refractivity contribution in [3.05, 3.63) is 57.4 Å². The highest BCUT2D eigenvalue weighted by atomic mass is 35.5. The number of esters is 1. The van der Waals surface area contributed by atoms with Crippen LogP contribution in [0.4, 0.5) is 0 Å². The smallest absolute Gasteiger partial charge is 0.354 e. The lowest BCUT2D eigenvalue weighted by Gasteiger charge is -2.24. The van der Waals surface area contributed by atoms with Gasteiger partial charge in [-0.05, 0) is 44.5 Å². The number of likely N-dealkylation sites (N-methyl/N-ethyl adjacent to an activating group) is 1. The van der Waals surface area contributed by atoms with Gasteiger partial charge in [0.05, 0.1) is 13.2 Å². The zero-order valence-electron chi connectivity index (χ0n) is 16.3. The molecule has 144 valence electrons. The van der Waals surface area contributed by atoms with E-state index in [9.17, 15) is 14.4 Å². The summed E-state index contributed by atoms with van der Waals surface area (Å²) in [5, 5.41) is 0.450. The van der Waals surface area contributed by atoms with E-state index in [1.807, 2.05) is 0 Å². The summed E-state index contributed by atoms with van der Waals surface area (Å²) < 4.78 is 6.45. The van der Waals surface area contributed by atoms with Crippen molar-refractivity contribution in [3.8, 4) is 0 Å². The Balaban J connectivity index is 2.37. The molecule has 7 heteroatoms. The second-order valence-electron chi connectivity index (χ2n) is 6.45. The fraction of sp³-hybridized carbons (Fsp3) is 0.350. The molecule has 0 aliphatic carbocycles. The van der Waals surface area contributed by atoms with Crippen LogP contribution in [0.1, 0.15) is 49.4 Å². The molecule has 0 saturated carbocycles. The van der Waals surface area contributed by atoms with E-state index in [0.717, 1.165) is 0 Å². The Morgan fingerprint density at radius 3 is 2.41 bits per heavy atom. The average molecular weight is 391 g/mol. The van der Waals surface area contributed by atoms with Gasteiger partial charge in [0, 0.05) is 35.9 Å². The largest absolute Gasteiger partial charge is 0.464 e. The molecule has 0 radical (unpaired) electrons. The molecule has 27 heavy (non-hydrogen) atoms. The van der Waals surface area contributed by atoms with Gasteiger partial charge in [0.15, 0.2) is 5.78 Å². The van der Waals surface area contributed by atoms with Crippen molar-refractivity contribution in [1.82, 2.24) is 9.47 Å². The third-order valence-corrected chi connectivity index (χ3v) is 5.14. The molecule has 1 amide bonds. The summed E-state index contributed by atoms with van der Waals surface area (Å²) in [4.78, 5) is 39.2. The van der Waals surface area contributed by atoms with Crippen molar-refractivity contribution in [2.45, 2.75) is 26.8 Å². The number of nitrogens with zero attached hydrogens (tertiary/aromatic N) is 2. The zero-order chi connectivity index (χ0) is 20.5. The number of Topliss-reactive ketones (excluding diaryl/α,β-unsaturated/α-hetero) is 1. The second-order valence-corrected chi connectivity index (χ2v) is 6.89. The van der Waals surface area contributed by atoms with Crippen LogP contribution in [-0.4, -0.2) is 47.3 Å². The van der Waals surface area contributed by atoms with Gasteiger partial charge in [0.1, 0.15) is 5.69 Å². The number of carbonyl (C=O) groups excluding carboxylic acids is 3. The van der Waals surface area contributed by atoms with Gasteiger partial charge in [-0.2, -0.15) is 0 Å². The van der Waals surface area contributed by atoms with Crippen LogP contribution in [0.25, 0.3) is 0 Å². The highest BCUT2D eigenvalue weighted by Gasteiger charge is 2.31. The fourth-order valence-corrected chi connectivity index (χ4v) is 3.30. The van der Waals surface area contributed by atoms with Crippen LogP contribution >= 0.6 is 11.6 Å². The number of rotatable bonds is 5. The molecule has 0 unspecified atom stereocenters. The molecule has 0 fully saturated rings. The molecule has 0 aliphatic rings. The molecule has 1 aromatic heterocycles. The number of benzene rings is 1. The van der Waals surface area contributed by atoms with Gasteiger partial charge in [0.25, 0.3) is 5.91 Å². The molecule has 2 aromatic rings. The molecule has 0 spiro atoms. The van der Waals surface area contributed by atoms with Gasteiger partial charge in [0.2, 0.25) is 0 Å². The summed E-state index contributed by atoms with van der Waals surface area (Å²) in [6.07, 6.45) is 0. The van der Waals surface area contributed by atoms with Gasteiger partial charge in [-0.1, -0.05) is 17.7 Å². The van der Waals surface area contributed by atoms with Gasteiger partial charge >= 0.3 is 5.97 Å². The van der Waals surface area contributed by atoms with Crippen LogP contribution in [0.5, 0.6) is 0 Å². The van der Waals surface area contributed by atoms with E-state index in [1.165, 1.54) is 12.0 Å². The van der Waals surface area contributed by atoms with Gasteiger partial charge < -0.3 is 14.2 Å². The maximum Gasteiger partial charge on any atom is 0.354 e. The van der Waals surface area contributed by atoms with E-state index >= 15 is 0 Å². The Morgan fingerprint density at radius 2 is 1.85 bits per heavy atom. The first-order valence-electron chi connectivity index (χ1n) is 8.42. The summed E-state index contributed by atoms with van der Waals surface area (Å²) in [5.74, 6) is -1.06. The molecular formula is C20H23ClN2O4. The number of halogens is 1. The van der Waals surface area contributed by atoms with Crippen LogP contribution in [0.3, 0.4) is 0 Å². The Labute approximate surface area is 163 Å². The Morgan fingerprint density at radius 1 is 1.22 bits per heavy atom. The summed E-state index contributed by atoms with van der Waals surface area (Å²) in [6.45, 7) is 5.13. The lowest BCUT2D eigenvalue weighted by Crippen LogP contribution is -2.40. The minimum Gasteiger partial charge on any atom is -0.464 e. The lowest BCUT2D eigenvalue weighted by molar-refractivity contribution is 0.0588. The highest BCUT2D eigenvalue weighted by Crippen LogP contribution is 2.25. The van der Waals surface area contributed by atoms with E-state index < -0.39 is 12.0 Å². The van der Waals surface area contributed by atoms with Crippen LogP contribution in [-0.2, 0) is 11.8 Å². The van der Waals surface area contributed by atoms with Crippen molar-refractivity contribution in [1.29, 1.82) is 0 Å². The molecule has 0 N–H and O–H groups in total. The van der Waals surface area contributed by atoms with E-state index in [1.54, 1.807) is 63.7 Å². The standard InChI is InChI=1S/C20H23ClN2O4/c1-11-16(12(2)22(4)17(11)20(26)27-6)18(24)13(3)23(5)19(25)14-8-7-9-15(21)10-14/h7-10,13H,1-6H3/t13-/m0/s1. The Bertz CT molecular complexity index is 917. The maximum absolute atomic E-state index is 13.1. The van der Waals surface area contributed by atoms with E-state index in [0.29, 0.717) is 33.1 Å². The maximum atomic E-state index is 13.1. The van der Waals surface area contributed by atoms with Crippen molar-refractivity contribution in [2.75, 3.05) is 14.2 Å². The molecule has 0 aliphatic heterocycles. The predicted molar refractivity (Wildman–Crippen MR) is 104 cm³/mol. The first-order chi connectivity index (χ1) is 12.6. The molecule has 1 heterocycles. The van der Waals surface area contributed by atoms with Gasteiger partial charge in [-0.3, -0.25) is 9.59 Å². The van der Waals surface area contributed by atoms with Gasteiger partial charge in [-0.15, -0.1) is 0 Å². The van der Waals surface area contributed by atoms with Crippen molar-refractivity contribution >= 4 is 29.3 Å². The highest BCUT2D eigenvalue weighted by molar-refractivity contribution is 6.31. The Kier molecular flexibility index (Phi) is 6.11. The second kappa shape index (κ2) is 7.96. The molecular weight excluding hydrogens is 368 g/mol. The average Bonchev–Trinajstić information content (AvgIpc) is 2.87. The SMILES string of the molecule is COC(=O)c1c(C)c(C(=O)[C@H](C)N(C)C(=O)c2cccc(Cl)c2)c(C)n1C. The molecule has 0 saturated heterocycles. The zero-order valence-corrected chi connectivity index (χ0v) is 17.0. The van der Waals surface area contributed by atoms with Crippen LogP contribution in [0.15, 0.2) is 24.3 Å². The molecule has 1 atom stereocenters. The van der Waals surface area contributed by atoms with Crippen molar-refractivity contribution in [3.63, 3.8) is 0 Å². The molecule has 0 bridgehead atoms. The summed E-state index contributed by atoms with van der Waals surface area (Å²) in [5.41, 5.74) is 2.35. The molecule has 1 aromatic carbocycles. The number of amides is 1. The normalized spacial score (nSPS) is 11.8. The summed E-state index contributed by atoms with van der Waals surface area (Å²) in [7, 11) is 4.57. The quantitative estimate of drug-likeness (QED) is 0.579. The van der Waals surface area contributed by atoms with E-state index in [-0.39, 0.29) is 11.7 Å². The van der Waals surface area contributed by atoms with Gasteiger partial charge in [-0.25, -0.2) is 4.79 Å². The third kappa shape index (κ3) is 3.76. The number of ether oxygens (including phenoxy) is 1. The van der Waals surface area contributed by atoms with Crippen LogP contribution in [0, 0.1) is 13.8 Å². The monoisotopic (exact) mass is 390 g/mol. The molecule has 6 nitrogen and oxygen atoms in total.